The molecule has 0 aliphatic carbocycles. The average Bonchev–Trinajstić information content (AvgIpc) is 2.09. The number of carboxylic acid groups (broad SMARTS) is 1. The van der Waals surface area contributed by atoms with Crippen molar-refractivity contribution in [1.29, 1.82) is 0 Å². The molecule has 0 aromatic heterocycles. The summed E-state index contributed by atoms with van der Waals surface area (Å²) in [7, 11) is 0. The van der Waals surface area contributed by atoms with Crippen LogP contribution in [0.5, 0.6) is 5.75 Å². The summed E-state index contributed by atoms with van der Waals surface area (Å²) in [5, 5.41) is 17.8. The fourth-order valence-corrected chi connectivity index (χ4v) is 1.59. The van der Waals surface area contributed by atoms with Crippen molar-refractivity contribution < 1.29 is 19.4 Å². The van der Waals surface area contributed by atoms with E-state index in [-0.39, 0.29) is 10.5 Å². The molecule has 5 heteroatoms. The third kappa shape index (κ3) is 1.75. The van der Waals surface area contributed by atoms with Crippen LogP contribution in [0.2, 0.25) is 0 Å². The van der Waals surface area contributed by atoms with E-state index in [9.17, 15) is 9.18 Å². The van der Waals surface area contributed by atoms with E-state index >= 15 is 0 Å². The average molecular weight is 202 g/mol. The number of benzene rings is 1. The first-order valence-electron chi connectivity index (χ1n) is 3.36. The third-order valence-corrected chi connectivity index (χ3v) is 2.34. The second kappa shape index (κ2) is 3.66. The molecule has 0 bridgehead atoms. The molecule has 2 N–H and O–H groups in total. The van der Waals surface area contributed by atoms with Crippen molar-refractivity contribution in [3.63, 3.8) is 0 Å². The molecule has 0 unspecified atom stereocenters. The van der Waals surface area contributed by atoms with Gasteiger partial charge in [-0.15, -0.1) is 11.8 Å². The van der Waals surface area contributed by atoms with E-state index < -0.39 is 17.5 Å². The highest BCUT2D eigenvalue weighted by Gasteiger charge is 2.16. The van der Waals surface area contributed by atoms with Crippen molar-refractivity contribution in [3.8, 4) is 5.75 Å². The summed E-state index contributed by atoms with van der Waals surface area (Å²) in [6.45, 7) is 0. The van der Waals surface area contributed by atoms with Crippen molar-refractivity contribution in [3.05, 3.63) is 23.5 Å². The van der Waals surface area contributed by atoms with Gasteiger partial charge in [0.05, 0.1) is 10.5 Å². The normalized spacial score (nSPS) is 10.0. The minimum atomic E-state index is -1.18. The van der Waals surface area contributed by atoms with Crippen LogP contribution in [0.4, 0.5) is 4.39 Å². The van der Waals surface area contributed by atoms with Crippen molar-refractivity contribution in [2.45, 2.75) is 4.90 Å². The summed E-state index contributed by atoms with van der Waals surface area (Å²) in [6.07, 6.45) is 1.57. The highest BCUT2D eigenvalue weighted by Crippen LogP contribution is 2.32. The molecule has 0 saturated carbocycles. The molecule has 0 amide bonds. The van der Waals surface area contributed by atoms with Gasteiger partial charge in [0.15, 0.2) is 11.6 Å². The van der Waals surface area contributed by atoms with Crippen molar-refractivity contribution in [1.82, 2.24) is 0 Å². The Morgan fingerprint density at radius 2 is 2.15 bits per heavy atom. The largest absolute Gasteiger partial charge is 0.504 e. The van der Waals surface area contributed by atoms with Gasteiger partial charge in [0.2, 0.25) is 0 Å². The van der Waals surface area contributed by atoms with Crippen molar-refractivity contribution in [2.75, 3.05) is 6.26 Å². The first-order chi connectivity index (χ1) is 6.07. The second-order valence-corrected chi connectivity index (χ2v) is 3.10. The van der Waals surface area contributed by atoms with Crippen LogP contribution in [-0.4, -0.2) is 22.4 Å². The van der Waals surface area contributed by atoms with Gasteiger partial charge in [-0.1, -0.05) is 0 Å². The summed E-state index contributed by atoms with van der Waals surface area (Å²) >= 11 is 0.994. The van der Waals surface area contributed by atoms with Gasteiger partial charge in [-0.25, -0.2) is 9.18 Å². The molecule has 3 nitrogen and oxygen atoms in total. The summed E-state index contributed by atoms with van der Waals surface area (Å²) < 4.78 is 12.8. The lowest BCUT2D eigenvalue weighted by atomic mass is 10.2. The smallest absolute Gasteiger partial charge is 0.336 e. The molecule has 1 aromatic rings. The molecule has 1 rings (SSSR count). The Balaban J connectivity index is 3.38. The highest BCUT2D eigenvalue weighted by molar-refractivity contribution is 7.98. The first kappa shape index (κ1) is 9.85. The molecule has 0 saturated heterocycles. The molecular weight excluding hydrogens is 195 g/mol. The van der Waals surface area contributed by atoms with Gasteiger partial charge >= 0.3 is 5.97 Å². The maximum Gasteiger partial charge on any atom is 0.336 e. The van der Waals surface area contributed by atoms with Crippen LogP contribution < -0.4 is 0 Å². The maximum atomic E-state index is 12.8. The van der Waals surface area contributed by atoms with Gasteiger partial charge in [-0.05, 0) is 18.4 Å². The zero-order valence-corrected chi connectivity index (χ0v) is 7.56. The molecular formula is C8H7FO3S. The van der Waals surface area contributed by atoms with Crippen molar-refractivity contribution in [2.24, 2.45) is 0 Å². The van der Waals surface area contributed by atoms with Crippen LogP contribution in [0.1, 0.15) is 10.4 Å². The van der Waals surface area contributed by atoms with Gasteiger partial charge < -0.3 is 10.2 Å². The lowest BCUT2D eigenvalue weighted by Gasteiger charge is -2.05. The summed E-state index contributed by atoms with van der Waals surface area (Å²) in [5.74, 6) is -2.60. The van der Waals surface area contributed by atoms with Gasteiger partial charge in [0.25, 0.3) is 0 Å². The predicted octanol–water partition coefficient (Wildman–Crippen LogP) is 1.95. The molecule has 0 radical (unpaired) electrons. The Bertz CT molecular complexity index is 351. The van der Waals surface area contributed by atoms with Crippen molar-refractivity contribution >= 4 is 17.7 Å². The van der Waals surface area contributed by atoms with E-state index in [0.29, 0.717) is 0 Å². The summed E-state index contributed by atoms with van der Waals surface area (Å²) in [4.78, 5) is 10.6. The fourth-order valence-electron chi connectivity index (χ4n) is 0.922. The van der Waals surface area contributed by atoms with Gasteiger partial charge in [-0.3, -0.25) is 0 Å². The maximum absolute atomic E-state index is 12.8. The lowest BCUT2D eigenvalue weighted by molar-refractivity contribution is 0.0692. The molecule has 0 heterocycles. The zero-order valence-electron chi connectivity index (χ0n) is 6.74. The Kier molecular flexibility index (Phi) is 2.77. The van der Waals surface area contributed by atoms with Gasteiger partial charge in [-0.2, -0.15) is 0 Å². The number of halogens is 1. The van der Waals surface area contributed by atoms with Crippen LogP contribution in [0.25, 0.3) is 0 Å². The Morgan fingerprint density at radius 3 is 2.62 bits per heavy atom. The quantitative estimate of drug-likeness (QED) is 0.719. The highest BCUT2D eigenvalue weighted by atomic mass is 32.2. The van der Waals surface area contributed by atoms with Gasteiger partial charge in [0, 0.05) is 0 Å². The lowest BCUT2D eigenvalue weighted by Crippen LogP contribution is -1.99. The molecule has 0 aliphatic rings. The number of aromatic carboxylic acids is 1. The SMILES string of the molecule is CSc1c(C(=O)O)ccc(F)c1O. The van der Waals surface area contributed by atoms with E-state index in [1.165, 1.54) is 0 Å². The van der Waals surface area contributed by atoms with Crippen LogP contribution in [0, 0.1) is 5.82 Å². The number of phenolic OH excluding ortho intramolecular Hbond substituents is 1. The van der Waals surface area contributed by atoms with E-state index in [0.717, 1.165) is 23.9 Å². The van der Waals surface area contributed by atoms with Crippen LogP contribution in [0.3, 0.4) is 0 Å². The number of thioether (sulfide) groups is 1. The molecule has 0 aliphatic heterocycles. The van der Waals surface area contributed by atoms with E-state index in [4.69, 9.17) is 10.2 Å². The second-order valence-electron chi connectivity index (χ2n) is 2.28. The zero-order chi connectivity index (χ0) is 10.0. The molecule has 0 atom stereocenters. The number of hydrogen-bond acceptors (Lipinski definition) is 3. The topological polar surface area (TPSA) is 57.5 Å². The fraction of sp³-hybridized carbons (Fsp3) is 0.125. The van der Waals surface area contributed by atoms with Crippen LogP contribution >= 0.6 is 11.8 Å². The number of carboxylic acids is 1. The monoisotopic (exact) mass is 202 g/mol. The number of phenols is 1. The number of aromatic hydroxyl groups is 1. The Labute approximate surface area is 78.2 Å². The Hall–Kier alpha value is -1.23. The van der Waals surface area contributed by atoms with E-state index in [1.54, 1.807) is 6.26 Å². The standard InChI is InChI=1S/C8H7FO3S/c1-13-7-4(8(11)12)2-3-5(9)6(7)10/h2-3,10H,1H3,(H,11,12). The summed E-state index contributed by atoms with van der Waals surface area (Å²) in [5.41, 5.74) is -0.0913. The predicted molar refractivity (Wildman–Crippen MR) is 46.8 cm³/mol. The summed E-state index contributed by atoms with van der Waals surface area (Å²) in [6, 6.07) is 2.06. The van der Waals surface area contributed by atoms with Crippen LogP contribution in [-0.2, 0) is 0 Å². The van der Waals surface area contributed by atoms with Gasteiger partial charge in [0.1, 0.15) is 0 Å². The molecule has 13 heavy (non-hydrogen) atoms. The Morgan fingerprint density at radius 1 is 1.54 bits per heavy atom. The van der Waals surface area contributed by atoms with E-state index in [1.807, 2.05) is 0 Å². The number of hydrogen-bond donors (Lipinski definition) is 2. The first-order valence-corrected chi connectivity index (χ1v) is 4.59. The minimum absolute atomic E-state index is 0.0486. The minimum Gasteiger partial charge on any atom is -0.504 e. The van der Waals surface area contributed by atoms with E-state index in [2.05, 4.69) is 0 Å². The number of rotatable bonds is 2. The molecule has 0 spiro atoms. The molecule has 1 aromatic carbocycles. The molecule has 0 fully saturated rings. The van der Waals surface area contributed by atoms with Crippen LogP contribution in [0.15, 0.2) is 17.0 Å². The molecule has 70 valence electrons. The number of carbonyl (C=O) groups is 1. The third-order valence-electron chi connectivity index (χ3n) is 1.52.